The number of hydrogen-bond donors (Lipinski definition) is 1. The molecule has 0 aliphatic rings. The highest BCUT2D eigenvalue weighted by molar-refractivity contribution is 7.47. The maximum Gasteiger partial charge on any atom is 0.472 e. The first-order valence-electron chi connectivity index (χ1n) is 40.9. The fraction of sp³-hybridized carbons (Fsp3) is 0.667. The summed E-state index contributed by atoms with van der Waals surface area (Å²) in [6.45, 7) is 4.23. The van der Waals surface area contributed by atoms with Gasteiger partial charge in [0.1, 0.15) is 19.8 Å². The lowest BCUT2D eigenvalue weighted by Crippen LogP contribution is -2.37. The van der Waals surface area contributed by atoms with Gasteiger partial charge < -0.3 is 18.9 Å². The molecule has 0 aliphatic heterocycles. The van der Waals surface area contributed by atoms with Crippen LogP contribution in [0.3, 0.4) is 0 Å². The van der Waals surface area contributed by atoms with Crippen LogP contribution in [0.5, 0.6) is 0 Å². The van der Waals surface area contributed by atoms with E-state index in [1.54, 1.807) is 0 Å². The van der Waals surface area contributed by atoms with Crippen molar-refractivity contribution in [2.24, 2.45) is 0 Å². The van der Waals surface area contributed by atoms with E-state index >= 15 is 0 Å². The van der Waals surface area contributed by atoms with Gasteiger partial charge in [-0.25, -0.2) is 4.57 Å². The van der Waals surface area contributed by atoms with Crippen LogP contribution in [0.4, 0.5) is 0 Å². The Morgan fingerprint density at radius 2 is 0.540 bits per heavy atom. The van der Waals surface area contributed by atoms with E-state index in [9.17, 15) is 19.0 Å². The first kappa shape index (κ1) is 95.4. The third kappa shape index (κ3) is 82.3. The molecule has 0 aromatic rings. The number of hydrogen-bond acceptors (Lipinski definition) is 7. The van der Waals surface area contributed by atoms with E-state index in [-0.39, 0.29) is 32.0 Å². The van der Waals surface area contributed by atoms with Gasteiger partial charge in [0.05, 0.1) is 27.7 Å². The lowest BCUT2D eigenvalue weighted by Gasteiger charge is -2.24. The number of quaternary nitrogens is 1. The first-order valence-corrected chi connectivity index (χ1v) is 42.4. The molecule has 0 spiro atoms. The van der Waals surface area contributed by atoms with Crippen LogP contribution in [-0.2, 0) is 32.7 Å². The second kappa shape index (κ2) is 78.5. The van der Waals surface area contributed by atoms with Crippen LogP contribution in [0.15, 0.2) is 170 Å². The van der Waals surface area contributed by atoms with Crippen molar-refractivity contribution in [3.63, 3.8) is 0 Å². The van der Waals surface area contributed by atoms with Gasteiger partial charge in [-0.05, 0) is 128 Å². The highest BCUT2D eigenvalue weighted by Crippen LogP contribution is 2.43. The average Bonchev–Trinajstić information content (AvgIpc) is 1.30. The Bertz CT molecular complexity index is 2300. The molecule has 1 N–H and O–H groups in total. The van der Waals surface area contributed by atoms with E-state index < -0.39 is 26.5 Å². The molecule has 9 nitrogen and oxygen atoms in total. The zero-order chi connectivity index (χ0) is 72.5. The summed E-state index contributed by atoms with van der Waals surface area (Å²) in [5.41, 5.74) is 0. The Labute approximate surface area is 617 Å². The minimum atomic E-state index is -4.40. The lowest BCUT2D eigenvalue weighted by atomic mass is 10.0. The SMILES string of the molecule is CC/C=C\C/C=C\C/C=C\C/C=C\C/C=C\C/C=C\C/C=C\C/C=C\C/C=C\CCCCCCCCCCCCCCCC(=O)OC(COC(=O)CCCCCCCCCCCCCCCCCCCCC/C=C\C/C=C\C/C=C\C/C=C\C/C=C\CC)COP(=O)(O)OCC[N+](C)(C)C. The van der Waals surface area contributed by atoms with Gasteiger partial charge >= 0.3 is 19.8 Å². The Hall–Kier alpha value is -4.63. The van der Waals surface area contributed by atoms with Crippen molar-refractivity contribution in [1.29, 1.82) is 0 Å². The Kier molecular flexibility index (Phi) is 74.9. The summed E-state index contributed by atoms with van der Waals surface area (Å²) in [5, 5.41) is 0. The number of likely N-dealkylation sites (N-methyl/N-ethyl adjacent to an activating group) is 1. The maximum atomic E-state index is 12.9. The predicted octanol–water partition coefficient (Wildman–Crippen LogP) is 27.6. The molecule has 0 bridgehead atoms. The number of carbonyl (C=O) groups is 2. The summed E-state index contributed by atoms with van der Waals surface area (Å²) < 4.78 is 34.8. The maximum absolute atomic E-state index is 12.9. The molecule has 0 aliphatic carbocycles. The van der Waals surface area contributed by atoms with Crippen LogP contribution >= 0.6 is 7.82 Å². The Balaban J connectivity index is 4.00. The number of unbranched alkanes of at least 4 members (excludes halogenated alkanes) is 32. The molecule has 0 radical (unpaired) electrons. The normalized spacial score (nSPS) is 13.9. The Morgan fingerprint density at radius 3 is 0.800 bits per heavy atom. The molecule has 0 saturated carbocycles. The second-order valence-corrected chi connectivity index (χ2v) is 29.5. The summed E-state index contributed by atoms with van der Waals surface area (Å²) in [7, 11) is 1.47. The molecule has 0 amide bonds. The highest BCUT2D eigenvalue weighted by Gasteiger charge is 2.27. The monoisotopic (exact) mass is 1410 g/mol. The van der Waals surface area contributed by atoms with Crippen LogP contribution < -0.4 is 0 Å². The van der Waals surface area contributed by atoms with Gasteiger partial charge in [0.15, 0.2) is 6.10 Å². The lowest BCUT2D eigenvalue weighted by molar-refractivity contribution is -0.870. The summed E-state index contributed by atoms with van der Waals surface area (Å²) >= 11 is 0. The van der Waals surface area contributed by atoms with Crippen molar-refractivity contribution in [2.45, 2.75) is 341 Å². The minimum absolute atomic E-state index is 0.0265. The molecule has 0 saturated heterocycles. The number of carbonyl (C=O) groups excluding carboxylic acids is 2. The van der Waals surface area contributed by atoms with Crippen LogP contribution in [0.1, 0.15) is 335 Å². The molecular formula is C90H153NO8P+. The van der Waals surface area contributed by atoms with Crippen molar-refractivity contribution in [3.8, 4) is 0 Å². The van der Waals surface area contributed by atoms with Crippen LogP contribution in [0.25, 0.3) is 0 Å². The zero-order valence-electron chi connectivity index (χ0n) is 65.1. The molecule has 100 heavy (non-hydrogen) atoms. The molecule has 10 heteroatoms. The van der Waals surface area contributed by atoms with Crippen molar-refractivity contribution in [1.82, 2.24) is 0 Å². The van der Waals surface area contributed by atoms with E-state index in [4.69, 9.17) is 18.5 Å². The fourth-order valence-corrected chi connectivity index (χ4v) is 11.8. The smallest absolute Gasteiger partial charge is 0.462 e. The van der Waals surface area contributed by atoms with E-state index in [0.717, 1.165) is 128 Å². The van der Waals surface area contributed by atoms with Gasteiger partial charge in [-0.1, -0.05) is 364 Å². The molecule has 2 unspecified atom stereocenters. The van der Waals surface area contributed by atoms with Gasteiger partial charge in [-0.15, -0.1) is 0 Å². The third-order valence-electron chi connectivity index (χ3n) is 17.2. The summed E-state index contributed by atoms with van der Waals surface area (Å²) in [6, 6.07) is 0. The summed E-state index contributed by atoms with van der Waals surface area (Å²) in [6.07, 6.45) is 119. The van der Waals surface area contributed by atoms with Crippen molar-refractivity contribution < 1.29 is 42.1 Å². The van der Waals surface area contributed by atoms with Crippen LogP contribution in [0.2, 0.25) is 0 Å². The molecule has 0 heterocycles. The first-order chi connectivity index (χ1) is 49.0. The van der Waals surface area contributed by atoms with Gasteiger partial charge in [-0.3, -0.25) is 18.6 Å². The molecule has 0 aromatic carbocycles. The Morgan fingerprint density at radius 1 is 0.310 bits per heavy atom. The third-order valence-corrected chi connectivity index (χ3v) is 18.2. The van der Waals surface area contributed by atoms with Crippen molar-refractivity contribution in [2.75, 3.05) is 47.5 Å². The number of ether oxygens (including phenoxy) is 2. The average molecular weight is 1410 g/mol. The zero-order valence-corrected chi connectivity index (χ0v) is 66.0. The molecule has 570 valence electrons. The standard InChI is InChI=1S/C90H152NO8P/c1-6-8-10-12-14-16-18-20-22-24-26-28-30-32-34-36-38-40-42-43-44-45-46-47-49-51-53-55-57-59-61-63-65-67-69-71-73-75-77-79-81-83-90(93)99-88(87-98-100(94,95)97-85-84-91(3,4)5)86-96-89(92)82-80-78-76-74-72-70-68-66-64-62-60-58-56-54-52-50-48-41-39-37-35-33-31-29-27-25-23-21-19-17-15-13-11-9-7-2/h8-11,14-17,20-23,26-29,32-35,38,40,43-44,46-47,51,53,88H,6-7,12-13,18-19,24-25,30-31,36-37,39,41-42,45,48-50,52,54-87H2,1-5H3/p+1/b10-8-,11-9-,16-14-,17-15-,22-20-,23-21-,28-26-,29-27-,34-32-,35-33-,40-38-,44-43-,47-46-,53-51-. The fourth-order valence-electron chi connectivity index (χ4n) is 11.1. The molecule has 0 fully saturated rings. The molecule has 0 rings (SSSR count). The van der Waals surface area contributed by atoms with Gasteiger partial charge in [0.25, 0.3) is 0 Å². The van der Waals surface area contributed by atoms with E-state index in [2.05, 4.69) is 184 Å². The molecule has 2 atom stereocenters. The van der Waals surface area contributed by atoms with Gasteiger partial charge in [0.2, 0.25) is 0 Å². The largest absolute Gasteiger partial charge is 0.472 e. The topological polar surface area (TPSA) is 108 Å². The van der Waals surface area contributed by atoms with Crippen molar-refractivity contribution >= 4 is 19.8 Å². The van der Waals surface area contributed by atoms with E-state index in [1.807, 2.05) is 21.1 Å². The number of esters is 2. The van der Waals surface area contributed by atoms with Gasteiger partial charge in [-0.2, -0.15) is 0 Å². The number of rotatable bonds is 74. The number of allylic oxidation sites excluding steroid dienone is 28. The van der Waals surface area contributed by atoms with Crippen LogP contribution in [-0.4, -0.2) is 74.9 Å². The van der Waals surface area contributed by atoms with Crippen LogP contribution in [0, 0.1) is 0 Å². The van der Waals surface area contributed by atoms with E-state index in [1.165, 1.54) is 173 Å². The highest BCUT2D eigenvalue weighted by atomic mass is 31.2. The second-order valence-electron chi connectivity index (χ2n) is 28.0. The number of phosphoric acid groups is 1. The van der Waals surface area contributed by atoms with E-state index in [0.29, 0.717) is 17.4 Å². The number of nitrogens with zero attached hydrogens (tertiary/aromatic N) is 1. The summed E-state index contributed by atoms with van der Waals surface area (Å²) in [4.78, 5) is 36.0. The molecular weight excluding hydrogens is 1250 g/mol. The minimum Gasteiger partial charge on any atom is -0.462 e. The van der Waals surface area contributed by atoms with Crippen molar-refractivity contribution in [3.05, 3.63) is 170 Å². The predicted molar refractivity (Wildman–Crippen MR) is 436 cm³/mol. The summed E-state index contributed by atoms with van der Waals surface area (Å²) in [5.74, 6) is -0.794. The quantitative estimate of drug-likeness (QED) is 0.0211. The molecule has 0 aromatic heterocycles. The van der Waals surface area contributed by atoms with Gasteiger partial charge in [0, 0.05) is 12.8 Å². The number of phosphoric ester groups is 1.